The average molecular weight is 390 g/mol. The minimum absolute atomic E-state index is 0.169. The van der Waals surface area contributed by atoms with Crippen LogP contribution in [0.5, 0.6) is 0 Å². The summed E-state index contributed by atoms with van der Waals surface area (Å²) >= 11 is 0. The number of unbranched alkanes of at least 4 members (excludes halogenated alkanes) is 4. The Hall–Kier alpha value is 0.620. The third kappa shape index (κ3) is 20.7. The van der Waals surface area contributed by atoms with Crippen molar-refractivity contribution >= 4 is 15.9 Å². The van der Waals surface area contributed by atoms with Crippen molar-refractivity contribution in [1.29, 1.82) is 0 Å². The second kappa shape index (κ2) is 15.8. The van der Waals surface area contributed by atoms with E-state index in [4.69, 9.17) is 13.9 Å². The fourth-order valence-corrected chi connectivity index (χ4v) is 4.48. The Kier molecular flexibility index (Phi) is 17.7. The first-order chi connectivity index (χ1) is 11.2. The van der Waals surface area contributed by atoms with Crippen LogP contribution in [0.4, 0.5) is 0 Å². The SMILES string of the molecule is CCCCOP(O)OCCCC.CCCCP(O)(O)(O)CCCC. The van der Waals surface area contributed by atoms with Crippen molar-refractivity contribution in [2.45, 2.75) is 79.1 Å². The zero-order valence-electron chi connectivity index (χ0n) is 16.0. The Morgan fingerprint density at radius 3 is 1.29 bits per heavy atom. The van der Waals surface area contributed by atoms with Gasteiger partial charge < -0.3 is 13.9 Å². The van der Waals surface area contributed by atoms with Crippen molar-refractivity contribution in [3.63, 3.8) is 0 Å². The van der Waals surface area contributed by atoms with E-state index < -0.39 is 15.9 Å². The molecule has 0 fully saturated rings. The normalized spacial score (nSPS) is 13.3. The fourth-order valence-electron chi connectivity index (χ4n) is 1.69. The van der Waals surface area contributed by atoms with E-state index in [1.165, 1.54) is 0 Å². The molecule has 24 heavy (non-hydrogen) atoms. The van der Waals surface area contributed by atoms with Gasteiger partial charge in [-0.1, -0.05) is 26.7 Å². The van der Waals surface area contributed by atoms with E-state index >= 15 is 0 Å². The van der Waals surface area contributed by atoms with Gasteiger partial charge in [-0.05, 0) is 12.8 Å². The second-order valence-corrected chi connectivity index (χ2v) is 10.7. The molecule has 0 aromatic rings. The molecule has 0 aliphatic rings. The molecule has 0 heterocycles. The predicted octanol–water partition coefficient (Wildman–Crippen LogP) is 4.70. The summed E-state index contributed by atoms with van der Waals surface area (Å²) in [5.74, 6) is 0. The van der Waals surface area contributed by atoms with Gasteiger partial charge in [0.25, 0.3) is 0 Å². The Balaban J connectivity index is 0. The van der Waals surface area contributed by atoms with Crippen molar-refractivity contribution < 1.29 is 28.6 Å². The summed E-state index contributed by atoms with van der Waals surface area (Å²) in [7, 11) is -5.81. The van der Waals surface area contributed by atoms with Gasteiger partial charge in [-0.25, -0.2) is 0 Å². The van der Waals surface area contributed by atoms with Crippen molar-refractivity contribution in [1.82, 2.24) is 0 Å². The van der Waals surface area contributed by atoms with Crippen molar-refractivity contribution in [3.8, 4) is 0 Å². The van der Waals surface area contributed by atoms with Crippen LogP contribution in [-0.2, 0) is 9.05 Å². The van der Waals surface area contributed by atoms with E-state index in [0.717, 1.165) is 38.5 Å². The summed E-state index contributed by atoms with van der Waals surface area (Å²) in [6.45, 7) is 9.30. The molecule has 0 radical (unpaired) electrons. The Labute approximate surface area is 149 Å². The molecule has 0 aliphatic carbocycles. The first-order valence-electron chi connectivity index (χ1n) is 9.20. The predicted molar refractivity (Wildman–Crippen MR) is 104 cm³/mol. The van der Waals surface area contributed by atoms with Crippen LogP contribution in [0.2, 0.25) is 0 Å². The van der Waals surface area contributed by atoms with E-state index in [-0.39, 0.29) is 12.3 Å². The van der Waals surface area contributed by atoms with Crippen molar-refractivity contribution in [2.75, 3.05) is 25.5 Å². The van der Waals surface area contributed by atoms with E-state index in [9.17, 15) is 14.7 Å². The zero-order valence-corrected chi connectivity index (χ0v) is 17.8. The summed E-state index contributed by atoms with van der Waals surface area (Å²) in [5.41, 5.74) is 0. The van der Waals surface area contributed by atoms with Gasteiger partial charge in [-0.3, -0.25) is 0 Å². The minimum atomic E-state index is -4.21. The maximum absolute atomic E-state index is 9.48. The number of rotatable bonds is 14. The molecule has 0 aromatic carbocycles. The van der Waals surface area contributed by atoms with Crippen LogP contribution in [0.15, 0.2) is 0 Å². The molecule has 0 aromatic heterocycles. The zero-order chi connectivity index (χ0) is 18.9. The van der Waals surface area contributed by atoms with E-state index in [1.54, 1.807) is 0 Å². The monoisotopic (exact) mass is 390 g/mol. The molecule has 0 saturated heterocycles. The second-order valence-electron chi connectivity index (χ2n) is 6.11. The van der Waals surface area contributed by atoms with Gasteiger partial charge in [-0.15, -0.1) is 0 Å². The number of hydrogen-bond acceptors (Lipinski definition) is 6. The van der Waals surface area contributed by atoms with Crippen LogP contribution in [0, 0.1) is 0 Å². The molecule has 0 saturated carbocycles. The fraction of sp³-hybridized carbons (Fsp3) is 1.00. The van der Waals surface area contributed by atoms with Crippen LogP contribution in [0.3, 0.4) is 0 Å². The molecule has 0 rings (SSSR count). The molecule has 0 aliphatic heterocycles. The standard InChI is InChI=1S/C8H21O3P.C8H19O3P/c1-3-5-7-12(9,10,11)8-6-4-2;1-3-5-7-10-12(9)11-8-6-4-2/h9-11H,3-8H2,1-2H3;9H,3-8H2,1-2H3. The summed E-state index contributed by atoms with van der Waals surface area (Å²) in [5, 5.41) is 0. The van der Waals surface area contributed by atoms with E-state index in [0.29, 0.717) is 26.1 Å². The van der Waals surface area contributed by atoms with Gasteiger partial charge in [-0.2, -0.15) is 0 Å². The summed E-state index contributed by atoms with van der Waals surface area (Å²) < 4.78 is 10.1. The van der Waals surface area contributed by atoms with E-state index in [2.05, 4.69) is 13.8 Å². The molecule has 4 N–H and O–H groups in total. The molecule has 0 bridgehead atoms. The molecule has 0 amide bonds. The molecular weight excluding hydrogens is 350 g/mol. The van der Waals surface area contributed by atoms with Crippen molar-refractivity contribution in [3.05, 3.63) is 0 Å². The van der Waals surface area contributed by atoms with Crippen LogP contribution >= 0.6 is 15.9 Å². The van der Waals surface area contributed by atoms with Gasteiger partial charge in [0.2, 0.25) is 0 Å². The maximum atomic E-state index is 9.48. The molecule has 8 heteroatoms. The van der Waals surface area contributed by atoms with Crippen LogP contribution in [-0.4, -0.2) is 45.1 Å². The Morgan fingerprint density at radius 2 is 1.00 bits per heavy atom. The van der Waals surface area contributed by atoms with Gasteiger partial charge in [0.15, 0.2) is 0 Å². The molecular formula is C16H40O6P2. The third-order valence-corrected chi connectivity index (χ3v) is 6.61. The average Bonchev–Trinajstić information content (AvgIpc) is 2.52. The molecule has 0 atom stereocenters. The number of hydrogen-bond donors (Lipinski definition) is 4. The third-order valence-electron chi connectivity index (χ3n) is 3.34. The van der Waals surface area contributed by atoms with Gasteiger partial charge in [0, 0.05) is 0 Å². The summed E-state index contributed by atoms with van der Waals surface area (Å²) in [6.07, 6.45) is 7.60. The van der Waals surface area contributed by atoms with Crippen LogP contribution in [0.25, 0.3) is 0 Å². The summed E-state index contributed by atoms with van der Waals surface area (Å²) in [6, 6.07) is 0. The summed E-state index contributed by atoms with van der Waals surface area (Å²) in [4.78, 5) is 37.6. The van der Waals surface area contributed by atoms with E-state index in [1.807, 2.05) is 13.8 Å². The topological polar surface area (TPSA) is 99.4 Å². The van der Waals surface area contributed by atoms with Gasteiger partial charge in [0.1, 0.15) is 0 Å². The molecule has 0 spiro atoms. The first kappa shape index (κ1) is 26.8. The molecule has 0 unspecified atom stereocenters. The van der Waals surface area contributed by atoms with Crippen molar-refractivity contribution in [2.24, 2.45) is 0 Å². The van der Waals surface area contributed by atoms with Crippen LogP contribution < -0.4 is 0 Å². The van der Waals surface area contributed by atoms with Crippen LogP contribution in [0.1, 0.15) is 79.1 Å². The molecule has 6 nitrogen and oxygen atoms in total. The van der Waals surface area contributed by atoms with Gasteiger partial charge in [0.05, 0.1) is 13.2 Å². The Bertz CT molecular complexity index is 249. The van der Waals surface area contributed by atoms with Gasteiger partial charge >= 0.3 is 82.4 Å². The molecule has 150 valence electrons. The Morgan fingerprint density at radius 1 is 0.667 bits per heavy atom. The quantitative estimate of drug-likeness (QED) is 0.253. The first-order valence-corrected chi connectivity index (χ1v) is 12.8.